The van der Waals surface area contributed by atoms with Crippen LogP contribution >= 0.6 is 0 Å². The molecule has 7 aromatic carbocycles. The van der Waals surface area contributed by atoms with Crippen molar-refractivity contribution >= 4 is 62.0 Å². The molecule has 4 heteroatoms. The molecule has 0 amide bonds. The van der Waals surface area contributed by atoms with Gasteiger partial charge in [-0.3, -0.25) is 0 Å². The van der Waals surface area contributed by atoms with Crippen LogP contribution in [0.25, 0.3) is 48.3 Å². The van der Waals surface area contributed by atoms with Gasteiger partial charge in [0.05, 0.1) is 29.9 Å². The van der Waals surface area contributed by atoms with Gasteiger partial charge in [0, 0.05) is 10.8 Å². The Balaban J connectivity index is 1.37. The molecule has 0 fully saturated rings. The molecule has 0 saturated heterocycles. The fraction of sp³-hybridized carbons (Fsp3) is 0. The Morgan fingerprint density at radius 2 is 0.917 bits per heavy atom. The number of nitrogens with zero attached hydrogens (tertiary/aromatic N) is 3. The van der Waals surface area contributed by atoms with Gasteiger partial charge in [-0.25, -0.2) is 9.69 Å². The van der Waals surface area contributed by atoms with Crippen molar-refractivity contribution < 1.29 is 0 Å². The standard InChI is InChI=1S/C44H29N3Si/c1-45-34-28-33(32-26-27-44(41(30-32)46-2)47-42-24-14-12-22-39(42)40-23-13-15-25-43(40)47)29-38(31-34)48(35-16-6-3-7-17-35,36-18-8-4-9-19-36)37-20-10-5-11-21-37/h3-31H. The highest BCUT2D eigenvalue weighted by Crippen LogP contribution is 2.37. The first-order valence-electron chi connectivity index (χ1n) is 15.9. The van der Waals surface area contributed by atoms with Gasteiger partial charge in [-0.2, -0.15) is 0 Å². The van der Waals surface area contributed by atoms with Crippen molar-refractivity contribution in [3.8, 4) is 16.8 Å². The van der Waals surface area contributed by atoms with Crippen LogP contribution in [0.15, 0.2) is 176 Å². The van der Waals surface area contributed by atoms with E-state index in [0.717, 1.165) is 43.8 Å². The highest BCUT2D eigenvalue weighted by Gasteiger charge is 2.41. The maximum absolute atomic E-state index is 8.29. The summed E-state index contributed by atoms with van der Waals surface area (Å²) < 4.78 is 2.20. The molecular formula is C44H29N3Si. The van der Waals surface area contributed by atoms with Crippen LogP contribution in [0.5, 0.6) is 0 Å². The molecule has 0 unspecified atom stereocenters. The van der Waals surface area contributed by atoms with Crippen molar-refractivity contribution in [2.45, 2.75) is 0 Å². The van der Waals surface area contributed by atoms with Gasteiger partial charge in [0.2, 0.25) is 5.69 Å². The smallest absolute Gasteiger partial charge is 0.211 e. The number of para-hydroxylation sites is 2. The molecule has 0 aliphatic heterocycles. The van der Waals surface area contributed by atoms with Gasteiger partial charge in [-0.1, -0.05) is 151 Å². The fourth-order valence-corrected chi connectivity index (χ4v) is 12.1. The van der Waals surface area contributed by atoms with Gasteiger partial charge in [0.15, 0.2) is 13.8 Å². The van der Waals surface area contributed by atoms with Crippen LogP contribution in [-0.4, -0.2) is 12.6 Å². The second-order valence-corrected chi connectivity index (χ2v) is 15.7. The maximum Gasteiger partial charge on any atom is 0.211 e. The number of hydrogen-bond acceptors (Lipinski definition) is 0. The number of rotatable bonds is 6. The summed E-state index contributed by atoms with van der Waals surface area (Å²) in [4.78, 5) is 8.05. The minimum absolute atomic E-state index is 0.562. The largest absolute Gasteiger partial charge is 0.319 e. The average Bonchev–Trinajstić information content (AvgIpc) is 3.50. The monoisotopic (exact) mass is 627 g/mol. The van der Waals surface area contributed by atoms with Crippen LogP contribution < -0.4 is 20.7 Å². The Labute approximate surface area is 281 Å². The second kappa shape index (κ2) is 12.0. The van der Waals surface area contributed by atoms with Gasteiger partial charge < -0.3 is 4.57 Å². The zero-order valence-corrected chi connectivity index (χ0v) is 27.1. The Kier molecular flexibility index (Phi) is 7.27. The predicted octanol–water partition coefficient (Wildman–Crippen LogP) is 8.93. The summed E-state index contributed by atoms with van der Waals surface area (Å²) in [6, 6.07) is 61.4. The molecule has 0 radical (unpaired) electrons. The fourth-order valence-electron chi connectivity index (χ4n) is 7.29. The number of fused-ring (bicyclic) bond motifs is 3. The molecule has 0 aliphatic carbocycles. The SMILES string of the molecule is [C-]#[N+]c1cc(-c2ccc(-n3c4ccccc4c4ccccc43)c([N+]#[C-])c2)cc([Si](c2ccccc2)(c2ccccc2)c2ccccc2)c1. The van der Waals surface area contributed by atoms with Gasteiger partial charge >= 0.3 is 0 Å². The highest BCUT2D eigenvalue weighted by atomic mass is 28.3. The molecule has 0 N–H and O–H groups in total. The van der Waals surface area contributed by atoms with Crippen molar-refractivity contribution in [3.05, 3.63) is 199 Å². The highest BCUT2D eigenvalue weighted by molar-refractivity contribution is 7.20. The minimum atomic E-state index is -2.86. The first kappa shape index (κ1) is 29.0. The molecular weight excluding hydrogens is 599 g/mol. The lowest BCUT2D eigenvalue weighted by molar-refractivity contribution is 1.19. The van der Waals surface area contributed by atoms with Crippen molar-refractivity contribution in [2.75, 3.05) is 0 Å². The molecule has 1 heterocycles. The first-order chi connectivity index (χ1) is 23.7. The first-order valence-corrected chi connectivity index (χ1v) is 17.9. The molecule has 224 valence electrons. The lowest BCUT2D eigenvalue weighted by Crippen LogP contribution is -2.74. The van der Waals surface area contributed by atoms with E-state index >= 15 is 0 Å². The van der Waals surface area contributed by atoms with Gasteiger partial charge in [-0.15, -0.1) is 0 Å². The molecule has 0 spiro atoms. The zero-order chi connectivity index (χ0) is 32.5. The molecule has 8 rings (SSSR count). The van der Waals surface area contributed by atoms with E-state index in [1.54, 1.807) is 0 Å². The normalized spacial score (nSPS) is 11.3. The van der Waals surface area contributed by atoms with Crippen LogP contribution in [0.1, 0.15) is 0 Å². The molecule has 1 aromatic heterocycles. The Morgan fingerprint density at radius 3 is 1.42 bits per heavy atom. The third kappa shape index (κ3) is 4.64. The van der Waals surface area contributed by atoms with Crippen LogP contribution in [0, 0.1) is 13.1 Å². The molecule has 48 heavy (non-hydrogen) atoms. The number of aromatic nitrogens is 1. The summed E-state index contributed by atoms with van der Waals surface area (Å²) in [5, 5.41) is 7.20. The van der Waals surface area contributed by atoms with Gasteiger partial charge in [-0.05, 0) is 57.0 Å². The van der Waals surface area contributed by atoms with Crippen molar-refractivity contribution in [1.29, 1.82) is 0 Å². The van der Waals surface area contributed by atoms with Crippen LogP contribution in [0.4, 0.5) is 11.4 Å². The van der Waals surface area contributed by atoms with E-state index in [9.17, 15) is 0 Å². The van der Waals surface area contributed by atoms with E-state index in [2.05, 4.69) is 166 Å². The van der Waals surface area contributed by atoms with E-state index in [1.165, 1.54) is 15.6 Å². The van der Waals surface area contributed by atoms with Crippen LogP contribution in [0.3, 0.4) is 0 Å². The van der Waals surface area contributed by atoms with Crippen LogP contribution in [-0.2, 0) is 0 Å². The van der Waals surface area contributed by atoms with Crippen molar-refractivity contribution in [1.82, 2.24) is 4.57 Å². The Morgan fingerprint density at radius 1 is 0.417 bits per heavy atom. The van der Waals surface area contributed by atoms with E-state index in [4.69, 9.17) is 13.1 Å². The maximum atomic E-state index is 8.29. The average molecular weight is 628 g/mol. The van der Waals surface area contributed by atoms with Crippen molar-refractivity contribution in [3.63, 3.8) is 0 Å². The summed E-state index contributed by atoms with van der Waals surface area (Å²) in [7, 11) is -2.86. The molecule has 0 saturated carbocycles. The number of benzene rings is 7. The van der Waals surface area contributed by atoms with Crippen LogP contribution in [0.2, 0.25) is 0 Å². The summed E-state index contributed by atoms with van der Waals surface area (Å²) in [5.41, 5.74) is 5.96. The minimum Gasteiger partial charge on any atom is -0.319 e. The second-order valence-electron chi connectivity index (χ2n) is 11.9. The van der Waals surface area contributed by atoms with E-state index in [-0.39, 0.29) is 0 Å². The molecule has 0 bridgehead atoms. The molecule has 8 aromatic rings. The van der Waals surface area contributed by atoms with E-state index in [1.807, 2.05) is 24.3 Å². The quantitative estimate of drug-likeness (QED) is 0.0993. The van der Waals surface area contributed by atoms with Gasteiger partial charge in [0.1, 0.15) is 0 Å². The summed E-state index contributed by atoms with van der Waals surface area (Å²) in [6.07, 6.45) is 0. The lowest BCUT2D eigenvalue weighted by Gasteiger charge is -2.35. The predicted molar refractivity (Wildman–Crippen MR) is 202 cm³/mol. The molecule has 3 nitrogen and oxygen atoms in total. The third-order valence-electron chi connectivity index (χ3n) is 9.35. The Bertz CT molecular complexity index is 2370. The van der Waals surface area contributed by atoms with E-state index < -0.39 is 8.07 Å². The van der Waals surface area contributed by atoms with E-state index in [0.29, 0.717) is 11.4 Å². The Hall–Kier alpha value is -6.46. The molecule has 0 aliphatic rings. The zero-order valence-electron chi connectivity index (χ0n) is 26.1. The van der Waals surface area contributed by atoms with Gasteiger partial charge in [0.25, 0.3) is 0 Å². The lowest BCUT2D eigenvalue weighted by atomic mass is 10.0. The third-order valence-corrected chi connectivity index (χ3v) is 14.1. The summed E-state index contributed by atoms with van der Waals surface area (Å²) >= 11 is 0. The summed E-state index contributed by atoms with van der Waals surface area (Å²) in [5.74, 6) is 0. The summed E-state index contributed by atoms with van der Waals surface area (Å²) in [6.45, 7) is 16.5. The number of hydrogen-bond donors (Lipinski definition) is 0. The van der Waals surface area contributed by atoms with Crippen molar-refractivity contribution in [2.24, 2.45) is 0 Å². The molecule has 0 atom stereocenters. The topological polar surface area (TPSA) is 13.6 Å².